The lowest BCUT2D eigenvalue weighted by atomic mass is 10.1. The smallest absolute Gasteiger partial charge is 0.197 e. The highest BCUT2D eigenvalue weighted by Crippen LogP contribution is 2.15. The predicted octanol–water partition coefficient (Wildman–Crippen LogP) is 2.23. The van der Waals surface area contributed by atoms with Gasteiger partial charge in [0.15, 0.2) is 5.95 Å². The van der Waals surface area contributed by atoms with Gasteiger partial charge < -0.3 is 16.0 Å². The number of hydrogen-bond acceptors (Lipinski definition) is 3. The third-order valence-corrected chi connectivity index (χ3v) is 2.79. The number of nitrogens with zero attached hydrogens (tertiary/aromatic N) is 1. The van der Waals surface area contributed by atoms with Gasteiger partial charge in [-0.1, -0.05) is 37.3 Å². The third kappa shape index (κ3) is 3.07. The molecule has 0 bridgehead atoms. The van der Waals surface area contributed by atoms with Crippen LogP contribution in [0, 0.1) is 0 Å². The van der Waals surface area contributed by atoms with E-state index in [1.165, 1.54) is 5.56 Å². The molecular formula is C13H18N4. The van der Waals surface area contributed by atoms with E-state index < -0.39 is 0 Å². The van der Waals surface area contributed by atoms with E-state index in [0.717, 1.165) is 18.7 Å². The number of imidazole rings is 1. The number of nitrogens with one attached hydrogen (secondary N) is 2. The molecule has 1 atom stereocenters. The van der Waals surface area contributed by atoms with Crippen molar-refractivity contribution in [1.29, 1.82) is 0 Å². The number of hydrogen-bond donors (Lipinski definition) is 3. The first-order valence-corrected chi connectivity index (χ1v) is 5.87. The van der Waals surface area contributed by atoms with Gasteiger partial charge in [-0.3, -0.25) is 0 Å². The van der Waals surface area contributed by atoms with Crippen molar-refractivity contribution in [1.82, 2.24) is 15.3 Å². The fourth-order valence-corrected chi connectivity index (χ4v) is 1.84. The molecule has 1 aromatic heterocycles. The summed E-state index contributed by atoms with van der Waals surface area (Å²) >= 11 is 0. The molecule has 0 spiro atoms. The summed E-state index contributed by atoms with van der Waals surface area (Å²) in [7, 11) is 0. The Morgan fingerprint density at radius 1 is 1.35 bits per heavy atom. The van der Waals surface area contributed by atoms with Gasteiger partial charge in [0.1, 0.15) is 0 Å². The topological polar surface area (TPSA) is 66.7 Å². The summed E-state index contributed by atoms with van der Waals surface area (Å²) in [5, 5.41) is 3.49. The number of benzene rings is 1. The van der Waals surface area contributed by atoms with Gasteiger partial charge in [-0.25, -0.2) is 4.98 Å². The summed E-state index contributed by atoms with van der Waals surface area (Å²) in [6, 6.07) is 10.6. The van der Waals surface area contributed by atoms with Crippen molar-refractivity contribution in [2.45, 2.75) is 25.9 Å². The number of nitrogens with two attached hydrogens (primary N) is 1. The Labute approximate surface area is 101 Å². The van der Waals surface area contributed by atoms with Crippen molar-refractivity contribution >= 4 is 5.95 Å². The van der Waals surface area contributed by atoms with Crippen LogP contribution in [0.1, 0.15) is 30.6 Å². The number of anilines is 1. The molecule has 0 aliphatic heterocycles. The van der Waals surface area contributed by atoms with Gasteiger partial charge in [-0.15, -0.1) is 0 Å². The molecule has 4 nitrogen and oxygen atoms in total. The molecule has 17 heavy (non-hydrogen) atoms. The Hall–Kier alpha value is -1.81. The van der Waals surface area contributed by atoms with E-state index in [9.17, 15) is 0 Å². The second-order valence-corrected chi connectivity index (χ2v) is 4.05. The summed E-state index contributed by atoms with van der Waals surface area (Å²) in [5.41, 5.74) is 7.90. The Morgan fingerprint density at radius 2 is 2.12 bits per heavy atom. The largest absolute Gasteiger partial charge is 0.369 e. The van der Waals surface area contributed by atoms with E-state index in [1.807, 2.05) is 18.2 Å². The zero-order valence-corrected chi connectivity index (χ0v) is 9.98. The first kappa shape index (κ1) is 11.7. The highest BCUT2D eigenvalue weighted by atomic mass is 15.0. The van der Waals surface area contributed by atoms with Crippen LogP contribution in [0.15, 0.2) is 36.5 Å². The number of nitrogen functional groups attached to an aromatic ring is 1. The minimum atomic E-state index is 0.264. The molecule has 0 fully saturated rings. The van der Waals surface area contributed by atoms with Crippen molar-refractivity contribution in [3.05, 3.63) is 47.8 Å². The predicted molar refractivity (Wildman–Crippen MR) is 69.3 cm³/mol. The Morgan fingerprint density at radius 3 is 2.71 bits per heavy atom. The minimum absolute atomic E-state index is 0.264. The summed E-state index contributed by atoms with van der Waals surface area (Å²) in [4.78, 5) is 7.09. The molecule has 0 saturated heterocycles. The van der Waals surface area contributed by atoms with E-state index in [4.69, 9.17) is 5.73 Å². The number of H-pyrrole nitrogens is 1. The molecule has 1 unspecified atom stereocenters. The Kier molecular flexibility index (Phi) is 3.77. The standard InChI is InChI=1S/C13H18N4/c1-2-11(12-9-16-13(14)17-12)15-8-10-6-4-3-5-7-10/h3-7,9,11,15H,2,8H2,1H3,(H3,14,16,17). The van der Waals surface area contributed by atoms with Crippen molar-refractivity contribution in [2.24, 2.45) is 0 Å². The maximum absolute atomic E-state index is 5.58. The molecule has 0 aliphatic rings. The van der Waals surface area contributed by atoms with Gasteiger partial charge in [0, 0.05) is 12.6 Å². The van der Waals surface area contributed by atoms with Crippen LogP contribution in [0.3, 0.4) is 0 Å². The summed E-state index contributed by atoms with van der Waals surface area (Å²) in [5.74, 6) is 0.472. The van der Waals surface area contributed by atoms with Crippen molar-refractivity contribution < 1.29 is 0 Å². The van der Waals surface area contributed by atoms with E-state index in [1.54, 1.807) is 6.20 Å². The van der Waals surface area contributed by atoms with Crippen LogP contribution in [-0.2, 0) is 6.54 Å². The van der Waals surface area contributed by atoms with E-state index in [2.05, 4.69) is 34.3 Å². The lowest BCUT2D eigenvalue weighted by Gasteiger charge is -2.15. The summed E-state index contributed by atoms with van der Waals surface area (Å²) in [6.07, 6.45) is 2.79. The molecule has 0 saturated carbocycles. The van der Waals surface area contributed by atoms with Gasteiger partial charge in [-0.05, 0) is 12.0 Å². The van der Waals surface area contributed by atoms with Crippen molar-refractivity contribution in [3.63, 3.8) is 0 Å². The SMILES string of the molecule is CCC(NCc1ccccc1)c1cnc(N)[nH]1. The van der Waals surface area contributed by atoms with Gasteiger partial charge in [0.05, 0.1) is 11.9 Å². The maximum Gasteiger partial charge on any atom is 0.197 e. The average molecular weight is 230 g/mol. The van der Waals surface area contributed by atoms with Crippen LogP contribution >= 0.6 is 0 Å². The molecule has 2 rings (SSSR count). The van der Waals surface area contributed by atoms with Crippen LogP contribution in [-0.4, -0.2) is 9.97 Å². The van der Waals surface area contributed by atoms with E-state index in [0.29, 0.717) is 5.95 Å². The zero-order chi connectivity index (χ0) is 12.1. The Bertz CT molecular complexity index is 449. The van der Waals surface area contributed by atoms with Gasteiger partial charge in [-0.2, -0.15) is 0 Å². The molecule has 0 radical (unpaired) electrons. The lowest BCUT2D eigenvalue weighted by molar-refractivity contribution is 0.509. The van der Waals surface area contributed by atoms with E-state index in [-0.39, 0.29) is 6.04 Å². The Balaban J connectivity index is 1.97. The summed E-state index contributed by atoms with van der Waals surface area (Å²) in [6.45, 7) is 2.98. The molecule has 4 heteroatoms. The molecule has 1 heterocycles. The summed E-state index contributed by atoms with van der Waals surface area (Å²) < 4.78 is 0. The average Bonchev–Trinajstić information content (AvgIpc) is 2.78. The van der Waals surface area contributed by atoms with Gasteiger partial charge in [0.25, 0.3) is 0 Å². The molecule has 2 aromatic rings. The number of rotatable bonds is 5. The number of aromatic nitrogens is 2. The first-order chi connectivity index (χ1) is 8.29. The van der Waals surface area contributed by atoms with Crippen LogP contribution in [0.2, 0.25) is 0 Å². The highest BCUT2D eigenvalue weighted by molar-refractivity contribution is 5.21. The lowest BCUT2D eigenvalue weighted by Crippen LogP contribution is -2.20. The fraction of sp³-hybridized carbons (Fsp3) is 0.308. The number of aromatic amines is 1. The first-order valence-electron chi connectivity index (χ1n) is 5.87. The monoisotopic (exact) mass is 230 g/mol. The van der Waals surface area contributed by atoms with Gasteiger partial charge >= 0.3 is 0 Å². The molecule has 1 aromatic carbocycles. The zero-order valence-electron chi connectivity index (χ0n) is 9.98. The molecular weight excluding hydrogens is 212 g/mol. The van der Waals surface area contributed by atoms with Crippen molar-refractivity contribution in [2.75, 3.05) is 5.73 Å². The minimum Gasteiger partial charge on any atom is -0.369 e. The normalized spacial score (nSPS) is 12.5. The van der Waals surface area contributed by atoms with Crippen LogP contribution in [0.5, 0.6) is 0 Å². The van der Waals surface area contributed by atoms with Crippen molar-refractivity contribution in [3.8, 4) is 0 Å². The molecule has 0 aliphatic carbocycles. The fourth-order valence-electron chi connectivity index (χ4n) is 1.84. The van der Waals surface area contributed by atoms with Gasteiger partial charge in [0.2, 0.25) is 0 Å². The maximum atomic E-state index is 5.58. The third-order valence-electron chi connectivity index (χ3n) is 2.79. The molecule has 90 valence electrons. The van der Waals surface area contributed by atoms with E-state index >= 15 is 0 Å². The van der Waals surface area contributed by atoms with Crippen LogP contribution in [0.4, 0.5) is 5.95 Å². The molecule has 0 amide bonds. The van der Waals surface area contributed by atoms with Crippen LogP contribution in [0.25, 0.3) is 0 Å². The quantitative estimate of drug-likeness (QED) is 0.738. The second-order valence-electron chi connectivity index (χ2n) is 4.05. The molecule has 4 N–H and O–H groups in total. The second kappa shape index (κ2) is 5.50. The highest BCUT2D eigenvalue weighted by Gasteiger charge is 2.10. The van der Waals surface area contributed by atoms with Crippen LogP contribution < -0.4 is 11.1 Å².